The van der Waals surface area contributed by atoms with Crippen LogP contribution in [0.3, 0.4) is 0 Å². The van der Waals surface area contributed by atoms with Gasteiger partial charge in [-0.3, -0.25) is 9.10 Å². The second-order valence-electron chi connectivity index (χ2n) is 9.92. The van der Waals surface area contributed by atoms with E-state index in [1.807, 2.05) is 32.9 Å². The normalized spacial score (nSPS) is 19.3. The van der Waals surface area contributed by atoms with Gasteiger partial charge in [0.1, 0.15) is 5.60 Å². The average Bonchev–Trinajstić information content (AvgIpc) is 3.09. The number of piperidine rings is 1. The van der Waals surface area contributed by atoms with Crippen LogP contribution < -0.4 is 4.31 Å². The number of methoxy groups -OCH3 is 1. The molecule has 190 valence electrons. The first kappa shape index (κ1) is 26.3. The summed E-state index contributed by atoms with van der Waals surface area (Å²) in [5.74, 6) is 0.120. The zero-order valence-electron chi connectivity index (χ0n) is 20.7. The van der Waals surface area contributed by atoms with E-state index in [0.717, 1.165) is 24.8 Å². The van der Waals surface area contributed by atoms with Gasteiger partial charge in [-0.05, 0) is 70.1 Å². The Hall–Kier alpha value is -2.33. The van der Waals surface area contributed by atoms with Gasteiger partial charge in [0.2, 0.25) is 0 Å². The number of hydrogen-bond donors (Lipinski definition) is 0. The quantitative estimate of drug-likeness (QED) is 0.539. The topological polar surface area (TPSA) is 96.5 Å². The Morgan fingerprint density at radius 1 is 1.03 bits per heavy atom. The van der Waals surface area contributed by atoms with Gasteiger partial charge < -0.3 is 14.4 Å². The number of aryl methyl sites for hydroxylation is 1. The van der Waals surface area contributed by atoms with E-state index in [2.05, 4.69) is 4.74 Å². The van der Waals surface area contributed by atoms with E-state index in [1.165, 1.54) is 11.4 Å². The van der Waals surface area contributed by atoms with Crippen LogP contribution in [0.25, 0.3) is 0 Å². The first-order valence-electron chi connectivity index (χ1n) is 11.9. The minimum absolute atomic E-state index is 0.266. The number of nitrogens with zero attached hydrogens (tertiary/aromatic N) is 3. The summed E-state index contributed by atoms with van der Waals surface area (Å²) in [6, 6.07) is 7.30. The zero-order chi connectivity index (χ0) is 24.9. The van der Waals surface area contributed by atoms with Gasteiger partial charge in [0.15, 0.2) is 0 Å². The molecule has 0 unspecified atom stereocenters. The minimum atomic E-state index is -3.56. The van der Waals surface area contributed by atoms with Crippen LogP contribution in [0.15, 0.2) is 24.3 Å². The van der Waals surface area contributed by atoms with Crippen LogP contribution in [-0.4, -0.2) is 75.1 Å². The molecule has 9 nitrogen and oxygen atoms in total. The van der Waals surface area contributed by atoms with E-state index < -0.39 is 15.8 Å². The van der Waals surface area contributed by atoms with E-state index in [4.69, 9.17) is 4.74 Å². The van der Waals surface area contributed by atoms with E-state index in [9.17, 15) is 18.0 Å². The van der Waals surface area contributed by atoms with Crippen molar-refractivity contribution in [2.75, 3.05) is 44.1 Å². The van der Waals surface area contributed by atoms with Crippen molar-refractivity contribution in [3.63, 3.8) is 0 Å². The smallest absolute Gasteiger partial charge is 0.410 e. The van der Waals surface area contributed by atoms with E-state index >= 15 is 0 Å². The van der Waals surface area contributed by atoms with Crippen LogP contribution in [0.1, 0.15) is 52.0 Å². The number of carbonyl (C=O) groups is 2. The van der Waals surface area contributed by atoms with Gasteiger partial charge in [-0.1, -0.05) is 12.1 Å². The molecule has 2 aliphatic rings. The Balaban J connectivity index is 1.48. The van der Waals surface area contributed by atoms with Crippen LogP contribution >= 0.6 is 0 Å². The molecular formula is C24H37N3O6S. The van der Waals surface area contributed by atoms with Crippen molar-refractivity contribution in [2.45, 2.75) is 58.5 Å². The Morgan fingerprint density at radius 3 is 2.26 bits per heavy atom. The standard InChI is InChI=1S/C24H37N3O6S/c1-24(2,3)33-23(29)25-14-11-20(12-15-25)13-16-26-17-18-27(34(26,30)31)21-8-5-19(6-9-21)7-10-22(28)32-4/h5-6,8-9,20H,7,10-18H2,1-4H3. The van der Waals surface area contributed by atoms with Crippen LogP contribution in [0, 0.1) is 5.92 Å². The van der Waals surface area contributed by atoms with Crippen LogP contribution in [0.5, 0.6) is 0 Å². The lowest BCUT2D eigenvalue weighted by atomic mass is 9.94. The summed E-state index contributed by atoms with van der Waals surface area (Å²) in [6.45, 7) is 8.21. The highest BCUT2D eigenvalue weighted by molar-refractivity contribution is 7.90. The van der Waals surface area contributed by atoms with Gasteiger partial charge in [0, 0.05) is 39.1 Å². The Bertz CT molecular complexity index is 950. The van der Waals surface area contributed by atoms with Gasteiger partial charge >= 0.3 is 22.3 Å². The van der Waals surface area contributed by atoms with E-state index in [1.54, 1.807) is 21.3 Å². The molecule has 0 aliphatic carbocycles. The summed E-state index contributed by atoms with van der Waals surface area (Å²) in [4.78, 5) is 25.3. The molecule has 0 aromatic heterocycles. The number of hydrogen-bond acceptors (Lipinski definition) is 6. The molecule has 2 heterocycles. The van der Waals surface area contributed by atoms with Crippen molar-refractivity contribution in [3.05, 3.63) is 29.8 Å². The number of benzene rings is 1. The third-order valence-electron chi connectivity index (χ3n) is 6.28. The molecule has 3 rings (SSSR count). The van der Waals surface area contributed by atoms with Gasteiger partial charge in [-0.25, -0.2) is 4.79 Å². The molecule has 2 aliphatic heterocycles. The van der Waals surface area contributed by atoms with Gasteiger partial charge in [-0.2, -0.15) is 12.7 Å². The zero-order valence-corrected chi connectivity index (χ0v) is 21.5. The third kappa shape index (κ3) is 6.85. The molecule has 0 saturated carbocycles. The molecule has 2 fully saturated rings. The Kier molecular flexibility index (Phi) is 8.46. The molecule has 0 bridgehead atoms. The highest BCUT2D eigenvalue weighted by Crippen LogP contribution is 2.28. The van der Waals surface area contributed by atoms with E-state index in [0.29, 0.717) is 57.2 Å². The number of likely N-dealkylation sites (tertiary alicyclic amines) is 1. The van der Waals surface area contributed by atoms with Crippen LogP contribution in [-0.2, 0) is 30.9 Å². The average molecular weight is 496 g/mol. The van der Waals surface area contributed by atoms with Gasteiger partial charge in [-0.15, -0.1) is 0 Å². The molecule has 0 spiro atoms. The first-order chi connectivity index (χ1) is 16.0. The fourth-order valence-electron chi connectivity index (χ4n) is 4.30. The number of ether oxygens (including phenoxy) is 2. The number of amides is 1. The SMILES string of the molecule is COC(=O)CCc1ccc(N2CCN(CCC3CCN(C(=O)OC(C)(C)C)CC3)S2(=O)=O)cc1. The molecule has 1 aromatic carbocycles. The highest BCUT2D eigenvalue weighted by Gasteiger charge is 2.37. The fraction of sp³-hybridized carbons (Fsp3) is 0.667. The number of rotatable bonds is 7. The van der Waals surface area contributed by atoms with Crippen molar-refractivity contribution in [1.29, 1.82) is 0 Å². The number of anilines is 1. The summed E-state index contributed by atoms with van der Waals surface area (Å²) in [7, 11) is -2.20. The lowest BCUT2D eigenvalue weighted by molar-refractivity contribution is -0.140. The second-order valence-corrected chi connectivity index (χ2v) is 11.8. The van der Waals surface area contributed by atoms with Crippen molar-refractivity contribution in [1.82, 2.24) is 9.21 Å². The Morgan fingerprint density at radius 2 is 1.68 bits per heavy atom. The van der Waals surface area contributed by atoms with Gasteiger partial charge in [0.05, 0.1) is 12.8 Å². The van der Waals surface area contributed by atoms with Crippen molar-refractivity contribution >= 4 is 28.0 Å². The molecule has 10 heteroatoms. The maximum absolute atomic E-state index is 13.1. The molecule has 0 radical (unpaired) electrons. The summed E-state index contributed by atoms with van der Waals surface area (Å²) in [5.41, 5.74) is 1.09. The van der Waals surface area contributed by atoms with Crippen molar-refractivity contribution in [3.8, 4) is 0 Å². The minimum Gasteiger partial charge on any atom is -0.469 e. The molecule has 34 heavy (non-hydrogen) atoms. The summed E-state index contributed by atoms with van der Waals surface area (Å²) >= 11 is 0. The molecule has 1 amide bonds. The van der Waals surface area contributed by atoms with Gasteiger partial charge in [0.25, 0.3) is 0 Å². The first-order valence-corrected chi connectivity index (χ1v) is 13.3. The molecular weight excluding hydrogens is 458 g/mol. The highest BCUT2D eigenvalue weighted by atomic mass is 32.2. The maximum atomic E-state index is 13.1. The Labute approximate surface area is 203 Å². The molecule has 0 atom stereocenters. The van der Waals surface area contributed by atoms with Crippen LogP contribution in [0.2, 0.25) is 0 Å². The third-order valence-corrected chi connectivity index (χ3v) is 8.25. The summed E-state index contributed by atoms with van der Waals surface area (Å²) < 4.78 is 39.3. The summed E-state index contributed by atoms with van der Waals surface area (Å²) in [5, 5.41) is 0. The largest absolute Gasteiger partial charge is 0.469 e. The van der Waals surface area contributed by atoms with Crippen molar-refractivity contribution < 1.29 is 27.5 Å². The fourth-order valence-corrected chi connectivity index (χ4v) is 5.92. The predicted molar refractivity (Wildman–Crippen MR) is 130 cm³/mol. The lowest BCUT2D eigenvalue weighted by Crippen LogP contribution is -2.42. The lowest BCUT2D eigenvalue weighted by Gasteiger charge is -2.33. The monoisotopic (exact) mass is 495 g/mol. The molecule has 2 saturated heterocycles. The molecule has 1 aromatic rings. The second kappa shape index (κ2) is 10.9. The summed E-state index contributed by atoms with van der Waals surface area (Å²) in [6.07, 6.45) is 3.05. The van der Waals surface area contributed by atoms with E-state index in [-0.39, 0.29) is 12.1 Å². The molecule has 0 N–H and O–H groups in total. The predicted octanol–water partition coefficient (Wildman–Crippen LogP) is 3.20. The number of carbonyl (C=O) groups excluding carboxylic acids is 2. The maximum Gasteiger partial charge on any atom is 0.410 e. The van der Waals surface area contributed by atoms with Crippen molar-refractivity contribution in [2.24, 2.45) is 5.92 Å². The number of esters is 1. The van der Waals surface area contributed by atoms with Crippen LogP contribution in [0.4, 0.5) is 10.5 Å².